The van der Waals surface area contributed by atoms with Crippen molar-refractivity contribution in [2.75, 3.05) is 0 Å². The minimum absolute atomic E-state index is 0.168. The Morgan fingerprint density at radius 1 is 1.40 bits per heavy atom. The summed E-state index contributed by atoms with van der Waals surface area (Å²) in [5.41, 5.74) is 1.63. The topological polar surface area (TPSA) is 17.1 Å². The first-order valence-electron chi connectivity index (χ1n) is 4.71. The van der Waals surface area contributed by atoms with Crippen LogP contribution in [0.1, 0.15) is 29.3 Å². The van der Waals surface area contributed by atoms with Crippen LogP contribution in [-0.4, -0.2) is 11.0 Å². The molecule has 0 saturated heterocycles. The fourth-order valence-electron chi connectivity index (χ4n) is 1.65. The number of carbonyl (C=O) groups is 1. The predicted molar refractivity (Wildman–Crippen MR) is 66.2 cm³/mol. The lowest BCUT2D eigenvalue weighted by Gasteiger charge is -2.07. The van der Waals surface area contributed by atoms with Gasteiger partial charge in [0.2, 0.25) is 0 Å². The number of ketones is 1. The predicted octanol–water partition coefficient (Wildman–Crippen LogP) is 4.20. The van der Waals surface area contributed by atoms with Gasteiger partial charge in [-0.05, 0) is 17.7 Å². The zero-order chi connectivity index (χ0) is 11.0. The second kappa shape index (κ2) is 4.36. The Hall–Kier alpha value is -0.180. The molecule has 1 aromatic carbocycles. The molecule has 1 unspecified atom stereocenters. The molecular weight excluding hydrogens is 251 g/mol. The second-order valence-electron chi connectivity index (χ2n) is 3.64. The lowest BCUT2D eigenvalue weighted by atomic mass is 10.0. The van der Waals surface area contributed by atoms with Crippen LogP contribution in [0.3, 0.4) is 0 Å². The van der Waals surface area contributed by atoms with Crippen molar-refractivity contribution in [2.24, 2.45) is 0 Å². The van der Waals surface area contributed by atoms with Crippen molar-refractivity contribution < 1.29 is 4.79 Å². The molecule has 0 fully saturated rings. The van der Waals surface area contributed by atoms with E-state index < -0.39 is 0 Å². The van der Waals surface area contributed by atoms with Crippen molar-refractivity contribution in [1.82, 2.24) is 0 Å². The van der Waals surface area contributed by atoms with E-state index >= 15 is 0 Å². The largest absolute Gasteiger partial charge is 0.294 e. The molecule has 1 heterocycles. The molecule has 1 aliphatic heterocycles. The molecule has 0 radical (unpaired) electrons. The van der Waals surface area contributed by atoms with Gasteiger partial charge < -0.3 is 0 Å². The summed E-state index contributed by atoms with van der Waals surface area (Å²) < 4.78 is 0. The Labute approximate surface area is 103 Å². The van der Waals surface area contributed by atoms with E-state index in [1.165, 1.54) is 0 Å². The van der Waals surface area contributed by atoms with E-state index in [-0.39, 0.29) is 5.78 Å². The summed E-state index contributed by atoms with van der Waals surface area (Å²) in [5.74, 6) is 0.933. The van der Waals surface area contributed by atoms with Crippen molar-refractivity contribution in [3.8, 4) is 0 Å². The van der Waals surface area contributed by atoms with Gasteiger partial charge in [0.05, 0.1) is 10.0 Å². The van der Waals surface area contributed by atoms with Gasteiger partial charge in [0.25, 0.3) is 0 Å². The van der Waals surface area contributed by atoms with Crippen molar-refractivity contribution in [1.29, 1.82) is 0 Å². The van der Waals surface area contributed by atoms with E-state index in [9.17, 15) is 4.79 Å². The fraction of sp³-hybridized carbons (Fsp3) is 0.364. The summed E-state index contributed by atoms with van der Waals surface area (Å²) in [6.45, 7) is 2.06. The van der Waals surface area contributed by atoms with E-state index in [0.717, 1.165) is 16.9 Å². The SMILES string of the molecule is CC1CC(=O)c2ccc(Cl)c(Cl)c2CS1. The van der Waals surface area contributed by atoms with Crippen LogP contribution in [0, 0.1) is 0 Å². The number of benzene rings is 1. The molecule has 0 N–H and O–H groups in total. The van der Waals surface area contributed by atoms with Gasteiger partial charge in [-0.15, -0.1) is 0 Å². The monoisotopic (exact) mass is 260 g/mol. The summed E-state index contributed by atoms with van der Waals surface area (Å²) >= 11 is 13.8. The standard InChI is InChI=1S/C11H10Cl2OS/c1-6-4-10(14)7-2-3-9(12)11(13)8(7)5-15-6/h2-3,6H,4-5H2,1H3. The number of halogens is 2. The molecule has 4 heteroatoms. The Morgan fingerprint density at radius 2 is 2.13 bits per heavy atom. The molecule has 0 aromatic heterocycles. The van der Waals surface area contributed by atoms with Crippen LogP contribution in [0.2, 0.25) is 10.0 Å². The number of fused-ring (bicyclic) bond motifs is 1. The van der Waals surface area contributed by atoms with Gasteiger partial charge in [-0.1, -0.05) is 30.1 Å². The first-order valence-corrected chi connectivity index (χ1v) is 6.51. The van der Waals surface area contributed by atoms with Crippen molar-refractivity contribution in [3.05, 3.63) is 33.3 Å². The summed E-state index contributed by atoms with van der Waals surface area (Å²) in [5, 5.41) is 1.40. The molecule has 1 aliphatic rings. The molecule has 0 aliphatic carbocycles. The van der Waals surface area contributed by atoms with Gasteiger partial charge in [0, 0.05) is 23.0 Å². The van der Waals surface area contributed by atoms with E-state index in [4.69, 9.17) is 23.2 Å². The van der Waals surface area contributed by atoms with Crippen LogP contribution in [0.25, 0.3) is 0 Å². The summed E-state index contributed by atoms with van der Waals surface area (Å²) in [4.78, 5) is 11.9. The van der Waals surface area contributed by atoms with Crippen LogP contribution < -0.4 is 0 Å². The minimum atomic E-state index is 0.168. The minimum Gasteiger partial charge on any atom is -0.294 e. The number of carbonyl (C=O) groups excluding carboxylic acids is 1. The van der Waals surface area contributed by atoms with Crippen LogP contribution in [0.4, 0.5) is 0 Å². The first-order chi connectivity index (χ1) is 7.09. The van der Waals surface area contributed by atoms with Gasteiger partial charge in [0.1, 0.15) is 0 Å². The van der Waals surface area contributed by atoms with E-state index in [0.29, 0.717) is 21.7 Å². The number of Topliss-reactive ketones (excluding diaryl/α,β-unsaturated/α-hetero) is 1. The highest BCUT2D eigenvalue weighted by molar-refractivity contribution is 7.99. The highest BCUT2D eigenvalue weighted by Gasteiger charge is 2.22. The van der Waals surface area contributed by atoms with E-state index in [1.807, 2.05) is 0 Å². The van der Waals surface area contributed by atoms with Crippen LogP contribution >= 0.6 is 35.0 Å². The van der Waals surface area contributed by atoms with Gasteiger partial charge in [-0.2, -0.15) is 11.8 Å². The lowest BCUT2D eigenvalue weighted by molar-refractivity contribution is 0.0983. The smallest absolute Gasteiger partial charge is 0.164 e. The molecule has 1 aromatic rings. The van der Waals surface area contributed by atoms with Crippen LogP contribution in [-0.2, 0) is 5.75 Å². The highest BCUT2D eigenvalue weighted by Crippen LogP contribution is 2.36. The van der Waals surface area contributed by atoms with Gasteiger partial charge in [-0.3, -0.25) is 4.79 Å². The average Bonchev–Trinajstić information content (AvgIpc) is 2.32. The van der Waals surface area contributed by atoms with Gasteiger partial charge >= 0.3 is 0 Å². The molecular formula is C11H10Cl2OS. The Kier molecular flexibility index (Phi) is 3.29. The molecule has 0 bridgehead atoms. The highest BCUT2D eigenvalue weighted by atomic mass is 35.5. The third-order valence-electron chi connectivity index (χ3n) is 2.48. The summed E-state index contributed by atoms with van der Waals surface area (Å²) in [6, 6.07) is 3.48. The van der Waals surface area contributed by atoms with Gasteiger partial charge in [0.15, 0.2) is 5.78 Å². The normalized spacial score (nSPS) is 21.0. The first kappa shape index (κ1) is 11.3. The molecule has 1 atom stereocenters. The number of thioether (sulfide) groups is 1. The van der Waals surface area contributed by atoms with E-state index in [1.54, 1.807) is 23.9 Å². The van der Waals surface area contributed by atoms with Crippen molar-refractivity contribution in [3.63, 3.8) is 0 Å². The Bertz CT molecular complexity index is 417. The zero-order valence-electron chi connectivity index (χ0n) is 8.22. The number of hydrogen-bond acceptors (Lipinski definition) is 2. The number of rotatable bonds is 0. The molecule has 15 heavy (non-hydrogen) atoms. The third kappa shape index (κ3) is 2.17. The zero-order valence-corrected chi connectivity index (χ0v) is 10.5. The summed E-state index contributed by atoms with van der Waals surface area (Å²) in [6.07, 6.45) is 0.579. The van der Waals surface area contributed by atoms with Crippen molar-refractivity contribution >= 4 is 40.7 Å². The fourth-order valence-corrected chi connectivity index (χ4v) is 3.16. The van der Waals surface area contributed by atoms with Gasteiger partial charge in [-0.25, -0.2) is 0 Å². The molecule has 0 amide bonds. The molecule has 2 rings (SSSR count). The Morgan fingerprint density at radius 3 is 2.87 bits per heavy atom. The maximum absolute atomic E-state index is 11.9. The lowest BCUT2D eigenvalue weighted by Crippen LogP contribution is -2.05. The number of hydrogen-bond donors (Lipinski definition) is 0. The van der Waals surface area contributed by atoms with Crippen LogP contribution in [0.5, 0.6) is 0 Å². The molecule has 80 valence electrons. The molecule has 1 nitrogen and oxygen atoms in total. The summed E-state index contributed by atoms with van der Waals surface area (Å²) in [7, 11) is 0. The van der Waals surface area contributed by atoms with Crippen molar-refractivity contribution in [2.45, 2.75) is 24.3 Å². The van der Waals surface area contributed by atoms with E-state index in [2.05, 4.69) is 6.92 Å². The molecule has 0 spiro atoms. The Balaban J connectivity index is 2.53. The second-order valence-corrected chi connectivity index (χ2v) is 5.85. The maximum atomic E-state index is 11.9. The maximum Gasteiger partial charge on any atom is 0.164 e. The quantitative estimate of drug-likeness (QED) is 0.696. The average molecular weight is 261 g/mol. The van der Waals surface area contributed by atoms with Crippen LogP contribution in [0.15, 0.2) is 12.1 Å². The third-order valence-corrected chi connectivity index (χ3v) is 4.52. The molecule has 0 saturated carbocycles.